The topological polar surface area (TPSA) is 35.2 Å². The van der Waals surface area contributed by atoms with Crippen molar-refractivity contribution in [3.63, 3.8) is 0 Å². The molecule has 1 aliphatic rings. The van der Waals surface area contributed by atoms with Gasteiger partial charge in [0.25, 0.3) is 0 Å². The fourth-order valence-corrected chi connectivity index (χ4v) is 4.93. The molecule has 0 heterocycles. The third-order valence-electron chi connectivity index (χ3n) is 6.99. The highest BCUT2D eigenvalue weighted by atomic mass is 35.5. The molecule has 2 N–H and O–H groups in total. The molecule has 1 aromatic rings. The number of nitrogens with two attached hydrogens (primary N) is 1. The number of rotatable bonds is 13. The van der Waals surface area contributed by atoms with Crippen LogP contribution in [-0.4, -0.2) is 18.8 Å². The summed E-state index contributed by atoms with van der Waals surface area (Å²) in [5.41, 5.74) is 7.07. The molecule has 1 aromatic carbocycles. The number of hydrogen-bond acceptors (Lipinski definition) is 2. The van der Waals surface area contributed by atoms with E-state index < -0.39 is 0 Å². The maximum atomic E-state index is 6.75. The molecule has 2 atom stereocenters. The first kappa shape index (κ1) is 22.7. The Balaban J connectivity index is 2.21. The Morgan fingerprint density at radius 1 is 1.11 bits per heavy atom. The first-order chi connectivity index (χ1) is 13.0. The number of benzene rings is 1. The summed E-state index contributed by atoms with van der Waals surface area (Å²) >= 11 is 6.17. The second-order valence-corrected chi connectivity index (χ2v) is 9.08. The maximum absolute atomic E-state index is 6.75. The van der Waals surface area contributed by atoms with E-state index in [2.05, 4.69) is 32.9 Å². The number of unbranched alkanes of at least 4 members (excludes halogenated alkanes) is 4. The standard InChI is InChI=1S/C24H40ClNO/c1-4-5-6-7-11-20(2)23(3,27-19-9-8-18-26)24(16-10-17-24)21-12-14-22(25)15-13-21/h12-15,20H,4-11,16-19,26H2,1-3H3. The molecular weight excluding hydrogens is 354 g/mol. The maximum Gasteiger partial charge on any atom is 0.0775 e. The average Bonchev–Trinajstić information content (AvgIpc) is 2.63. The van der Waals surface area contributed by atoms with Crippen molar-refractivity contribution >= 4 is 11.6 Å². The summed E-state index contributed by atoms with van der Waals surface area (Å²) in [4.78, 5) is 0. The summed E-state index contributed by atoms with van der Waals surface area (Å²) in [6.07, 6.45) is 12.3. The van der Waals surface area contributed by atoms with Crippen molar-refractivity contribution in [2.45, 2.75) is 96.0 Å². The molecule has 0 saturated heterocycles. The molecule has 0 aromatic heterocycles. The summed E-state index contributed by atoms with van der Waals surface area (Å²) < 4.78 is 6.75. The predicted molar refractivity (Wildman–Crippen MR) is 118 cm³/mol. The minimum Gasteiger partial charge on any atom is -0.374 e. The molecular formula is C24H40ClNO. The van der Waals surface area contributed by atoms with Crippen LogP contribution in [0.2, 0.25) is 5.02 Å². The van der Waals surface area contributed by atoms with Gasteiger partial charge in [0.15, 0.2) is 0 Å². The molecule has 0 aliphatic heterocycles. The minimum absolute atomic E-state index is 0.116. The van der Waals surface area contributed by atoms with Gasteiger partial charge < -0.3 is 10.5 Å². The van der Waals surface area contributed by atoms with Crippen LogP contribution in [0.1, 0.15) is 90.5 Å². The van der Waals surface area contributed by atoms with Crippen LogP contribution in [-0.2, 0) is 10.2 Å². The van der Waals surface area contributed by atoms with Gasteiger partial charge in [0.1, 0.15) is 0 Å². The predicted octanol–water partition coefficient (Wildman–Crippen LogP) is 6.88. The van der Waals surface area contributed by atoms with Crippen molar-refractivity contribution in [2.24, 2.45) is 11.7 Å². The van der Waals surface area contributed by atoms with Crippen molar-refractivity contribution in [3.8, 4) is 0 Å². The fourth-order valence-electron chi connectivity index (χ4n) is 4.81. The second kappa shape index (κ2) is 10.8. The Bertz CT molecular complexity index is 540. The van der Waals surface area contributed by atoms with E-state index in [1.807, 2.05) is 12.1 Å². The highest BCUT2D eigenvalue weighted by Gasteiger charge is 2.56. The lowest BCUT2D eigenvalue weighted by Crippen LogP contribution is -2.59. The van der Waals surface area contributed by atoms with Crippen LogP contribution in [0.4, 0.5) is 0 Å². The zero-order chi connectivity index (χ0) is 19.8. The lowest BCUT2D eigenvalue weighted by atomic mass is 9.52. The van der Waals surface area contributed by atoms with Gasteiger partial charge in [-0.15, -0.1) is 0 Å². The van der Waals surface area contributed by atoms with Crippen LogP contribution < -0.4 is 5.73 Å². The van der Waals surface area contributed by atoms with E-state index >= 15 is 0 Å². The Morgan fingerprint density at radius 2 is 1.81 bits per heavy atom. The van der Waals surface area contributed by atoms with E-state index in [0.29, 0.717) is 5.92 Å². The number of ether oxygens (including phenoxy) is 1. The van der Waals surface area contributed by atoms with Crippen molar-refractivity contribution in [3.05, 3.63) is 34.9 Å². The summed E-state index contributed by atoms with van der Waals surface area (Å²) in [5, 5.41) is 0.811. The van der Waals surface area contributed by atoms with Gasteiger partial charge in [0, 0.05) is 17.0 Å². The van der Waals surface area contributed by atoms with Gasteiger partial charge in [-0.05, 0) is 69.2 Å². The largest absolute Gasteiger partial charge is 0.374 e. The fraction of sp³-hybridized carbons (Fsp3) is 0.750. The van der Waals surface area contributed by atoms with Gasteiger partial charge in [0.2, 0.25) is 0 Å². The summed E-state index contributed by atoms with van der Waals surface area (Å²) in [5.74, 6) is 0.531. The molecule has 0 spiro atoms. The normalized spacial score (nSPS) is 19.3. The van der Waals surface area contributed by atoms with Crippen molar-refractivity contribution in [1.82, 2.24) is 0 Å². The van der Waals surface area contributed by atoms with Gasteiger partial charge in [-0.1, -0.05) is 69.7 Å². The van der Waals surface area contributed by atoms with Crippen molar-refractivity contribution in [2.75, 3.05) is 13.2 Å². The quantitative estimate of drug-likeness (QED) is 0.370. The van der Waals surface area contributed by atoms with Crippen LogP contribution >= 0.6 is 11.6 Å². The molecule has 0 radical (unpaired) electrons. The van der Waals surface area contributed by atoms with Crippen LogP contribution in [0.15, 0.2) is 24.3 Å². The van der Waals surface area contributed by atoms with E-state index in [9.17, 15) is 0 Å². The molecule has 0 amide bonds. The van der Waals surface area contributed by atoms with Crippen molar-refractivity contribution in [1.29, 1.82) is 0 Å². The minimum atomic E-state index is -0.139. The third-order valence-corrected chi connectivity index (χ3v) is 7.24. The molecule has 2 rings (SSSR count). The van der Waals surface area contributed by atoms with Crippen molar-refractivity contribution < 1.29 is 4.74 Å². The van der Waals surface area contributed by atoms with Gasteiger partial charge in [-0.3, -0.25) is 0 Å². The first-order valence-electron chi connectivity index (χ1n) is 11.1. The average molecular weight is 394 g/mol. The highest BCUT2D eigenvalue weighted by molar-refractivity contribution is 6.30. The van der Waals surface area contributed by atoms with Crippen LogP contribution in [0.3, 0.4) is 0 Å². The molecule has 1 fully saturated rings. The molecule has 3 heteroatoms. The van der Waals surface area contributed by atoms with Gasteiger partial charge in [0.05, 0.1) is 5.60 Å². The smallest absolute Gasteiger partial charge is 0.0775 e. The Kier molecular flexibility index (Phi) is 9.11. The lowest BCUT2D eigenvalue weighted by Gasteiger charge is -2.57. The van der Waals surface area contributed by atoms with Gasteiger partial charge >= 0.3 is 0 Å². The molecule has 27 heavy (non-hydrogen) atoms. The molecule has 2 unspecified atom stereocenters. The van der Waals surface area contributed by atoms with E-state index in [0.717, 1.165) is 31.0 Å². The highest BCUT2D eigenvalue weighted by Crippen LogP contribution is 2.56. The summed E-state index contributed by atoms with van der Waals surface area (Å²) in [6.45, 7) is 8.62. The van der Waals surface area contributed by atoms with E-state index in [1.165, 1.54) is 56.9 Å². The SMILES string of the molecule is CCCCCCC(C)C(C)(OCCCCN)C1(c2ccc(Cl)cc2)CCC1. The van der Waals surface area contributed by atoms with Gasteiger partial charge in [-0.2, -0.15) is 0 Å². The van der Waals surface area contributed by atoms with Crippen LogP contribution in [0, 0.1) is 5.92 Å². The molecule has 2 nitrogen and oxygen atoms in total. The van der Waals surface area contributed by atoms with E-state index in [4.69, 9.17) is 22.1 Å². The monoisotopic (exact) mass is 393 g/mol. The Morgan fingerprint density at radius 3 is 2.37 bits per heavy atom. The molecule has 0 bridgehead atoms. The lowest BCUT2D eigenvalue weighted by molar-refractivity contribution is -0.151. The first-order valence-corrected chi connectivity index (χ1v) is 11.5. The Hall–Kier alpha value is -0.570. The van der Waals surface area contributed by atoms with Gasteiger partial charge in [-0.25, -0.2) is 0 Å². The summed E-state index contributed by atoms with van der Waals surface area (Å²) in [7, 11) is 0. The zero-order valence-corrected chi connectivity index (χ0v) is 18.5. The van der Waals surface area contributed by atoms with E-state index in [1.54, 1.807) is 0 Å². The van der Waals surface area contributed by atoms with E-state index in [-0.39, 0.29) is 11.0 Å². The molecule has 154 valence electrons. The second-order valence-electron chi connectivity index (χ2n) is 8.64. The number of halogens is 1. The Labute approximate surface area is 172 Å². The number of hydrogen-bond donors (Lipinski definition) is 1. The molecule has 1 saturated carbocycles. The molecule has 1 aliphatic carbocycles. The van der Waals surface area contributed by atoms with Crippen LogP contribution in [0.5, 0.6) is 0 Å². The van der Waals surface area contributed by atoms with Crippen LogP contribution in [0.25, 0.3) is 0 Å². The third kappa shape index (κ3) is 5.28. The zero-order valence-electron chi connectivity index (χ0n) is 17.7. The summed E-state index contributed by atoms with van der Waals surface area (Å²) in [6, 6.07) is 8.54.